The van der Waals surface area contributed by atoms with Crippen molar-refractivity contribution in [1.29, 1.82) is 0 Å². The van der Waals surface area contributed by atoms with Gasteiger partial charge in [-0.1, -0.05) is 0 Å². The number of amides is 1. The highest BCUT2D eigenvalue weighted by atomic mass is 16.6. The van der Waals surface area contributed by atoms with Crippen LogP contribution in [0.2, 0.25) is 0 Å². The maximum absolute atomic E-state index is 12.3. The van der Waals surface area contributed by atoms with Crippen molar-refractivity contribution in [3.8, 4) is 0 Å². The molecule has 1 aromatic heterocycles. The number of aryl methyl sites for hydroxylation is 2. The first kappa shape index (κ1) is 19.6. The van der Waals surface area contributed by atoms with Gasteiger partial charge < -0.3 is 15.2 Å². The largest absolute Gasteiger partial charge is 0.480 e. The lowest BCUT2D eigenvalue weighted by atomic mass is 10.1. The molecule has 134 valence electrons. The van der Waals surface area contributed by atoms with Crippen molar-refractivity contribution >= 4 is 17.6 Å². The second kappa shape index (κ2) is 7.39. The second-order valence-corrected chi connectivity index (χ2v) is 6.28. The van der Waals surface area contributed by atoms with Crippen LogP contribution in [0.4, 0.5) is 5.69 Å². The van der Waals surface area contributed by atoms with E-state index in [0.717, 1.165) is 4.68 Å². The van der Waals surface area contributed by atoms with E-state index in [1.165, 1.54) is 14.0 Å². The number of nitrogens with one attached hydrogen (secondary N) is 1. The highest BCUT2D eigenvalue weighted by Gasteiger charge is 2.31. The number of hydrogen-bond acceptors (Lipinski definition) is 6. The zero-order chi connectivity index (χ0) is 18.7. The highest BCUT2D eigenvalue weighted by Crippen LogP contribution is 2.22. The van der Waals surface area contributed by atoms with Crippen molar-refractivity contribution in [2.45, 2.75) is 45.8 Å². The molecule has 0 aromatic carbocycles. The van der Waals surface area contributed by atoms with Gasteiger partial charge in [-0.3, -0.25) is 19.6 Å². The SMILES string of the molecule is Cc1nn(C)c(C(=O)NC(CCOC(C)(C)C)C(=O)O)c1[N+](=O)[O-]. The summed E-state index contributed by atoms with van der Waals surface area (Å²) < 4.78 is 6.51. The van der Waals surface area contributed by atoms with Gasteiger partial charge in [0.05, 0.1) is 10.5 Å². The fraction of sp³-hybridized carbons (Fsp3) is 0.643. The van der Waals surface area contributed by atoms with E-state index < -0.39 is 34.1 Å². The molecule has 1 rings (SSSR count). The summed E-state index contributed by atoms with van der Waals surface area (Å²) in [6, 6.07) is -1.23. The van der Waals surface area contributed by atoms with Crippen molar-refractivity contribution in [2.75, 3.05) is 6.61 Å². The number of carboxylic acids is 1. The number of aromatic nitrogens is 2. The smallest absolute Gasteiger partial charge is 0.326 e. The summed E-state index contributed by atoms with van der Waals surface area (Å²) in [7, 11) is 1.38. The molecule has 0 bridgehead atoms. The summed E-state index contributed by atoms with van der Waals surface area (Å²) in [4.78, 5) is 34.0. The third kappa shape index (κ3) is 5.01. The summed E-state index contributed by atoms with van der Waals surface area (Å²) >= 11 is 0. The molecule has 10 nitrogen and oxygen atoms in total. The normalized spacial score (nSPS) is 12.7. The van der Waals surface area contributed by atoms with Crippen LogP contribution in [0.25, 0.3) is 0 Å². The molecule has 10 heteroatoms. The number of carbonyl (C=O) groups excluding carboxylic acids is 1. The quantitative estimate of drug-likeness (QED) is 0.557. The van der Waals surface area contributed by atoms with Gasteiger partial charge in [-0.25, -0.2) is 4.79 Å². The minimum absolute atomic E-state index is 0.0307. The number of hydrogen-bond donors (Lipinski definition) is 2. The van der Waals surface area contributed by atoms with Crippen LogP contribution in [-0.2, 0) is 16.6 Å². The van der Waals surface area contributed by atoms with Gasteiger partial charge in [0.2, 0.25) is 5.69 Å². The number of ether oxygens (including phenoxy) is 1. The number of rotatable bonds is 7. The van der Waals surface area contributed by atoms with Crippen molar-refractivity contribution in [3.63, 3.8) is 0 Å². The molecular weight excluding hydrogens is 320 g/mol. The molecule has 0 aliphatic heterocycles. The first-order chi connectivity index (χ1) is 10.9. The van der Waals surface area contributed by atoms with Crippen LogP contribution in [0.15, 0.2) is 0 Å². The molecule has 0 spiro atoms. The van der Waals surface area contributed by atoms with Crippen LogP contribution in [0.1, 0.15) is 43.4 Å². The lowest BCUT2D eigenvalue weighted by Gasteiger charge is -2.21. The lowest BCUT2D eigenvalue weighted by Crippen LogP contribution is -2.42. The fourth-order valence-electron chi connectivity index (χ4n) is 2.09. The Bertz CT molecular complexity index is 646. The van der Waals surface area contributed by atoms with E-state index in [-0.39, 0.29) is 24.4 Å². The Balaban J connectivity index is 2.91. The fourth-order valence-corrected chi connectivity index (χ4v) is 2.09. The van der Waals surface area contributed by atoms with Gasteiger partial charge in [-0.2, -0.15) is 5.10 Å². The third-order valence-corrected chi connectivity index (χ3v) is 3.13. The van der Waals surface area contributed by atoms with E-state index >= 15 is 0 Å². The Hall–Kier alpha value is -2.49. The van der Waals surface area contributed by atoms with Crippen LogP contribution in [0, 0.1) is 17.0 Å². The summed E-state index contributed by atoms with van der Waals surface area (Å²) in [5.41, 5.74) is -1.09. The number of carbonyl (C=O) groups is 2. The van der Waals surface area contributed by atoms with E-state index in [9.17, 15) is 24.8 Å². The molecule has 2 N–H and O–H groups in total. The van der Waals surface area contributed by atoms with Gasteiger partial charge in [-0.05, 0) is 27.7 Å². The summed E-state index contributed by atoms with van der Waals surface area (Å²) in [5.74, 6) is -2.12. The van der Waals surface area contributed by atoms with Gasteiger partial charge in [0, 0.05) is 20.1 Å². The Morgan fingerprint density at radius 3 is 2.50 bits per heavy atom. The molecule has 1 unspecified atom stereocenters. The van der Waals surface area contributed by atoms with Crippen molar-refractivity contribution in [1.82, 2.24) is 15.1 Å². The minimum atomic E-state index is -1.25. The lowest BCUT2D eigenvalue weighted by molar-refractivity contribution is -0.385. The zero-order valence-corrected chi connectivity index (χ0v) is 14.3. The predicted molar refractivity (Wildman–Crippen MR) is 83.8 cm³/mol. The Labute approximate surface area is 138 Å². The summed E-state index contributed by atoms with van der Waals surface area (Å²) in [6.07, 6.45) is 0.0307. The van der Waals surface area contributed by atoms with Crippen LogP contribution >= 0.6 is 0 Å². The number of aliphatic carboxylic acids is 1. The number of nitro groups is 1. The number of nitrogens with zero attached hydrogens (tertiary/aromatic N) is 3. The van der Waals surface area contributed by atoms with Crippen molar-refractivity contribution < 1.29 is 24.4 Å². The van der Waals surface area contributed by atoms with E-state index in [0.29, 0.717) is 0 Å². The zero-order valence-electron chi connectivity index (χ0n) is 14.3. The van der Waals surface area contributed by atoms with Crippen LogP contribution in [0.3, 0.4) is 0 Å². The van der Waals surface area contributed by atoms with Crippen LogP contribution in [-0.4, -0.2) is 49.9 Å². The first-order valence-electron chi connectivity index (χ1n) is 7.29. The predicted octanol–water partition coefficient (Wildman–Crippen LogP) is 1.02. The van der Waals surface area contributed by atoms with Crippen molar-refractivity contribution in [3.05, 3.63) is 21.5 Å². The molecule has 1 heterocycles. The van der Waals surface area contributed by atoms with Gasteiger partial charge in [-0.15, -0.1) is 0 Å². The molecular formula is C14H22N4O6. The first-order valence-corrected chi connectivity index (χ1v) is 7.29. The summed E-state index contributed by atoms with van der Waals surface area (Å²) in [6.45, 7) is 6.99. The molecule has 0 aliphatic carbocycles. The standard InChI is InChI=1S/C14H22N4O6/c1-8-10(18(22)23)11(17(5)16-8)12(19)15-9(13(20)21)6-7-24-14(2,3)4/h9H,6-7H2,1-5H3,(H,15,19)(H,20,21). The Morgan fingerprint density at radius 2 is 2.04 bits per heavy atom. The molecule has 1 aromatic rings. The van der Waals surface area contributed by atoms with Crippen molar-refractivity contribution in [2.24, 2.45) is 7.05 Å². The Morgan fingerprint density at radius 1 is 1.46 bits per heavy atom. The third-order valence-electron chi connectivity index (χ3n) is 3.13. The topological polar surface area (TPSA) is 137 Å². The highest BCUT2D eigenvalue weighted by molar-refractivity contribution is 5.98. The molecule has 1 amide bonds. The maximum atomic E-state index is 12.3. The minimum Gasteiger partial charge on any atom is -0.480 e. The maximum Gasteiger partial charge on any atom is 0.326 e. The van der Waals surface area contributed by atoms with Gasteiger partial charge >= 0.3 is 11.7 Å². The molecule has 0 saturated carbocycles. The molecule has 0 radical (unpaired) electrons. The monoisotopic (exact) mass is 342 g/mol. The van der Waals surface area contributed by atoms with Gasteiger partial charge in [0.25, 0.3) is 5.91 Å². The molecule has 24 heavy (non-hydrogen) atoms. The molecule has 0 aliphatic rings. The summed E-state index contributed by atoms with van der Waals surface area (Å²) in [5, 5.41) is 26.4. The van der Waals surface area contributed by atoms with Crippen LogP contribution in [0.5, 0.6) is 0 Å². The Kier molecular flexibility index (Phi) is 6.02. The van der Waals surface area contributed by atoms with Crippen LogP contribution < -0.4 is 5.32 Å². The van der Waals surface area contributed by atoms with E-state index in [1.54, 1.807) is 0 Å². The average molecular weight is 342 g/mol. The molecule has 1 atom stereocenters. The second-order valence-electron chi connectivity index (χ2n) is 6.28. The van der Waals surface area contributed by atoms with E-state index in [2.05, 4.69) is 10.4 Å². The number of carboxylic acid groups (broad SMARTS) is 1. The molecule has 0 fully saturated rings. The van der Waals surface area contributed by atoms with Gasteiger partial charge in [0.1, 0.15) is 11.7 Å². The van der Waals surface area contributed by atoms with Gasteiger partial charge in [0.15, 0.2) is 0 Å². The van der Waals surface area contributed by atoms with E-state index in [1.807, 2.05) is 20.8 Å². The van der Waals surface area contributed by atoms with E-state index in [4.69, 9.17) is 4.74 Å². The molecule has 0 saturated heterocycles. The average Bonchev–Trinajstić information content (AvgIpc) is 2.70.